The van der Waals surface area contributed by atoms with Crippen LogP contribution < -0.4 is 5.32 Å². The number of nitrogens with one attached hydrogen (secondary N) is 2. The molecule has 0 radical (unpaired) electrons. The molecule has 2 aromatic rings. The molecule has 0 aliphatic rings. The Hall–Kier alpha value is -1.65. The second-order valence-corrected chi connectivity index (χ2v) is 4.11. The van der Waals surface area contributed by atoms with Crippen molar-refractivity contribution in [2.45, 2.75) is 13.0 Å². The lowest BCUT2D eigenvalue weighted by atomic mass is 10.0. The molecular formula is C13H16N2O2. The summed E-state index contributed by atoms with van der Waals surface area (Å²) in [6.45, 7) is 2.11. The number of benzene rings is 1. The van der Waals surface area contributed by atoms with E-state index in [1.807, 2.05) is 31.2 Å². The first-order valence-electron chi connectivity index (χ1n) is 5.59. The van der Waals surface area contributed by atoms with Crippen LogP contribution in [0.15, 0.2) is 24.3 Å². The Morgan fingerprint density at radius 3 is 2.88 bits per heavy atom. The van der Waals surface area contributed by atoms with Gasteiger partial charge in [-0.2, -0.15) is 0 Å². The van der Waals surface area contributed by atoms with Gasteiger partial charge in [-0.05, 0) is 20.0 Å². The highest BCUT2D eigenvalue weighted by Gasteiger charge is 2.21. The van der Waals surface area contributed by atoms with Crippen molar-refractivity contribution in [1.29, 1.82) is 0 Å². The molecule has 17 heavy (non-hydrogen) atoms. The van der Waals surface area contributed by atoms with E-state index in [0.29, 0.717) is 5.56 Å². The van der Waals surface area contributed by atoms with E-state index in [-0.39, 0.29) is 12.3 Å². The number of aromatic nitrogens is 1. The molecule has 4 nitrogen and oxygen atoms in total. The smallest absolute Gasteiger partial charge is 0.194 e. The lowest BCUT2D eigenvalue weighted by Crippen LogP contribution is -2.31. The van der Waals surface area contributed by atoms with Gasteiger partial charge in [0.05, 0.1) is 0 Å². The number of fused-ring (bicyclic) bond motifs is 1. The van der Waals surface area contributed by atoms with Gasteiger partial charge in [0, 0.05) is 28.7 Å². The molecule has 0 aliphatic heterocycles. The molecule has 2 rings (SSSR count). The number of hydrogen-bond acceptors (Lipinski definition) is 3. The average Bonchev–Trinajstić information content (AvgIpc) is 2.64. The van der Waals surface area contributed by atoms with Crippen molar-refractivity contribution in [3.63, 3.8) is 0 Å². The maximum Gasteiger partial charge on any atom is 0.194 e. The topological polar surface area (TPSA) is 65.1 Å². The molecule has 3 N–H and O–H groups in total. The minimum Gasteiger partial charge on any atom is -0.384 e. The molecule has 1 atom stereocenters. The highest BCUT2D eigenvalue weighted by atomic mass is 16.3. The molecule has 0 fully saturated rings. The van der Waals surface area contributed by atoms with E-state index in [4.69, 9.17) is 0 Å². The average molecular weight is 232 g/mol. The molecule has 90 valence electrons. The Bertz CT molecular complexity index is 545. The Morgan fingerprint density at radius 2 is 2.18 bits per heavy atom. The van der Waals surface area contributed by atoms with Crippen LogP contribution in [0.25, 0.3) is 10.9 Å². The lowest BCUT2D eigenvalue weighted by Gasteiger charge is -2.08. The zero-order valence-corrected chi connectivity index (χ0v) is 9.95. The number of Topliss-reactive ketones (excluding diaryl/α,β-unsaturated/α-hetero) is 1. The molecule has 0 saturated heterocycles. The number of aryl methyl sites for hydroxylation is 1. The minimum atomic E-state index is -1.00. The Labute approximate surface area is 99.7 Å². The van der Waals surface area contributed by atoms with Gasteiger partial charge in [-0.3, -0.25) is 4.79 Å². The molecule has 4 heteroatoms. The summed E-state index contributed by atoms with van der Waals surface area (Å²) in [5.74, 6) is -0.241. The minimum absolute atomic E-state index is 0.241. The first-order valence-corrected chi connectivity index (χ1v) is 5.59. The molecule has 0 saturated carbocycles. The number of aliphatic hydroxyl groups is 1. The van der Waals surface area contributed by atoms with Crippen molar-refractivity contribution >= 4 is 16.7 Å². The summed E-state index contributed by atoms with van der Waals surface area (Å²) in [6, 6.07) is 7.61. The van der Waals surface area contributed by atoms with Gasteiger partial charge in [-0.25, -0.2) is 0 Å². The van der Waals surface area contributed by atoms with E-state index in [2.05, 4.69) is 10.3 Å². The summed E-state index contributed by atoms with van der Waals surface area (Å²) in [7, 11) is 1.71. The fraction of sp³-hybridized carbons (Fsp3) is 0.308. The first-order chi connectivity index (χ1) is 8.15. The third-order valence-electron chi connectivity index (χ3n) is 2.84. The summed E-state index contributed by atoms with van der Waals surface area (Å²) in [5.41, 5.74) is 2.31. The van der Waals surface area contributed by atoms with Crippen molar-refractivity contribution in [3.05, 3.63) is 35.5 Å². The lowest BCUT2D eigenvalue weighted by molar-refractivity contribution is 0.0751. The first kappa shape index (κ1) is 11.8. The van der Waals surface area contributed by atoms with E-state index < -0.39 is 6.10 Å². The summed E-state index contributed by atoms with van der Waals surface area (Å²) in [5, 5.41) is 13.4. The van der Waals surface area contributed by atoms with Crippen LogP contribution in [0, 0.1) is 6.92 Å². The third-order valence-corrected chi connectivity index (χ3v) is 2.84. The number of carbonyl (C=O) groups is 1. The Kier molecular flexibility index (Phi) is 3.26. The monoisotopic (exact) mass is 232 g/mol. The van der Waals surface area contributed by atoms with Crippen LogP contribution in [-0.2, 0) is 0 Å². The van der Waals surface area contributed by atoms with Crippen LogP contribution in [0.3, 0.4) is 0 Å². The van der Waals surface area contributed by atoms with Crippen molar-refractivity contribution in [3.8, 4) is 0 Å². The van der Waals surface area contributed by atoms with Gasteiger partial charge in [0.1, 0.15) is 6.10 Å². The second kappa shape index (κ2) is 4.69. The number of ketones is 1. The maximum absolute atomic E-state index is 12.1. The molecule has 0 aliphatic carbocycles. The highest BCUT2D eigenvalue weighted by Crippen LogP contribution is 2.23. The van der Waals surface area contributed by atoms with Gasteiger partial charge in [-0.1, -0.05) is 18.2 Å². The fourth-order valence-corrected chi connectivity index (χ4v) is 2.05. The number of H-pyrrole nitrogens is 1. The molecule has 0 amide bonds. The normalized spacial score (nSPS) is 12.9. The van der Waals surface area contributed by atoms with Crippen LogP contribution in [-0.4, -0.2) is 35.6 Å². The molecule has 0 spiro atoms. The number of aliphatic hydroxyl groups excluding tert-OH is 1. The van der Waals surface area contributed by atoms with Crippen molar-refractivity contribution in [2.24, 2.45) is 0 Å². The zero-order valence-electron chi connectivity index (χ0n) is 9.95. The Morgan fingerprint density at radius 1 is 1.47 bits per heavy atom. The summed E-state index contributed by atoms with van der Waals surface area (Å²) in [6.07, 6.45) is -1.00. The predicted octanol–water partition coefficient (Wildman–Crippen LogP) is 1.24. The van der Waals surface area contributed by atoms with Gasteiger partial charge < -0.3 is 15.4 Å². The number of hydrogen-bond donors (Lipinski definition) is 3. The van der Waals surface area contributed by atoms with E-state index in [0.717, 1.165) is 16.6 Å². The quantitative estimate of drug-likeness (QED) is 0.695. The number of rotatable bonds is 4. The van der Waals surface area contributed by atoms with E-state index in [1.165, 1.54) is 0 Å². The molecule has 1 heterocycles. The van der Waals surface area contributed by atoms with Crippen molar-refractivity contribution < 1.29 is 9.90 Å². The fourth-order valence-electron chi connectivity index (χ4n) is 2.05. The SMILES string of the molecule is CNCC(O)C(=O)c1c(C)[nH]c2ccccc12. The van der Waals surface area contributed by atoms with Crippen LogP contribution >= 0.6 is 0 Å². The van der Waals surface area contributed by atoms with Gasteiger partial charge in [0.25, 0.3) is 0 Å². The standard InChI is InChI=1S/C13H16N2O2/c1-8-12(13(17)11(16)7-14-2)9-5-3-4-6-10(9)15-8/h3-6,11,14-16H,7H2,1-2H3. The molecule has 0 bridgehead atoms. The van der Waals surface area contributed by atoms with Gasteiger partial charge in [0.2, 0.25) is 0 Å². The number of carbonyl (C=O) groups excluding carboxylic acids is 1. The van der Waals surface area contributed by atoms with Crippen LogP contribution in [0.1, 0.15) is 16.1 Å². The molecule has 1 aromatic heterocycles. The van der Waals surface area contributed by atoms with E-state index in [1.54, 1.807) is 7.05 Å². The Balaban J connectivity index is 2.47. The molecule has 1 aromatic carbocycles. The van der Waals surface area contributed by atoms with E-state index >= 15 is 0 Å². The van der Waals surface area contributed by atoms with Crippen molar-refractivity contribution in [2.75, 3.05) is 13.6 Å². The summed E-state index contributed by atoms with van der Waals surface area (Å²) < 4.78 is 0. The van der Waals surface area contributed by atoms with Crippen LogP contribution in [0.5, 0.6) is 0 Å². The third kappa shape index (κ3) is 2.09. The van der Waals surface area contributed by atoms with E-state index in [9.17, 15) is 9.90 Å². The highest BCUT2D eigenvalue weighted by molar-refractivity contribution is 6.11. The van der Waals surface area contributed by atoms with Gasteiger partial charge >= 0.3 is 0 Å². The van der Waals surface area contributed by atoms with Gasteiger partial charge in [0.15, 0.2) is 5.78 Å². The number of para-hydroxylation sites is 1. The second-order valence-electron chi connectivity index (χ2n) is 4.11. The molecule has 1 unspecified atom stereocenters. The maximum atomic E-state index is 12.1. The summed E-state index contributed by atoms with van der Waals surface area (Å²) >= 11 is 0. The number of aromatic amines is 1. The van der Waals surface area contributed by atoms with Crippen LogP contribution in [0.4, 0.5) is 0 Å². The van der Waals surface area contributed by atoms with Gasteiger partial charge in [-0.15, -0.1) is 0 Å². The van der Waals surface area contributed by atoms with Crippen molar-refractivity contribution in [1.82, 2.24) is 10.3 Å². The van der Waals surface area contributed by atoms with Crippen LogP contribution in [0.2, 0.25) is 0 Å². The zero-order chi connectivity index (χ0) is 12.4. The number of likely N-dealkylation sites (N-methyl/N-ethyl adjacent to an activating group) is 1. The summed E-state index contributed by atoms with van der Waals surface area (Å²) in [4.78, 5) is 15.3. The predicted molar refractivity (Wildman–Crippen MR) is 67.3 cm³/mol. The largest absolute Gasteiger partial charge is 0.384 e. The molecular weight excluding hydrogens is 216 g/mol.